The highest BCUT2D eigenvalue weighted by atomic mass is 15.1. The van der Waals surface area contributed by atoms with Gasteiger partial charge in [0.05, 0.1) is 5.69 Å². The second-order valence-corrected chi connectivity index (χ2v) is 19.6. The van der Waals surface area contributed by atoms with Crippen molar-refractivity contribution in [2.45, 2.75) is 82.5 Å². The van der Waals surface area contributed by atoms with Gasteiger partial charge in [-0.05, 0) is 159 Å². The molecule has 1 heteroatoms. The third-order valence-corrected chi connectivity index (χ3v) is 16.4. The van der Waals surface area contributed by atoms with Crippen LogP contribution in [0.4, 0.5) is 17.1 Å². The van der Waals surface area contributed by atoms with Gasteiger partial charge in [0.15, 0.2) is 0 Å². The molecule has 12 rings (SSSR count). The number of nitrogens with zero attached hydrogens (tertiary/aromatic N) is 1. The number of hydrogen-bond donors (Lipinski definition) is 0. The molecule has 0 radical (unpaired) electrons. The summed E-state index contributed by atoms with van der Waals surface area (Å²) in [6.45, 7) is 9.76. The number of anilines is 3. The highest BCUT2D eigenvalue weighted by Crippen LogP contribution is 2.89. The molecule has 0 saturated heterocycles. The van der Waals surface area contributed by atoms with Crippen molar-refractivity contribution in [3.63, 3.8) is 0 Å². The molecule has 0 heterocycles. The summed E-state index contributed by atoms with van der Waals surface area (Å²) in [6, 6.07) is 53.6. The van der Waals surface area contributed by atoms with Crippen molar-refractivity contribution in [1.82, 2.24) is 0 Å². The predicted octanol–water partition coefficient (Wildman–Crippen LogP) is 14.2. The molecule has 0 N–H and O–H groups in total. The molecule has 2 spiro atoms. The van der Waals surface area contributed by atoms with Crippen molar-refractivity contribution in [3.05, 3.63) is 162 Å². The molecule has 2 bridgehead atoms. The first-order chi connectivity index (χ1) is 26.7. The van der Waals surface area contributed by atoms with Crippen LogP contribution in [-0.4, -0.2) is 0 Å². The highest BCUT2D eigenvalue weighted by Gasteiger charge is 2.84. The van der Waals surface area contributed by atoms with E-state index in [1.807, 2.05) is 0 Å². The minimum Gasteiger partial charge on any atom is -0.310 e. The molecular formula is C54H51N. The van der Waals surface area contributed by atoms with Gasteiger partial charge in [-0.15, -0.1) is 0 Å². The van der Waals surface area contributed by atoms with Crippen LogP contribution in [0.1, 0.15) is 88.5 Å². The zero-order valence-corrected chi connectivity index (χ0v) is 32.8. The van der Waals surface area contributed by atoms with Gasteiger partial charge in [0.25, 0.3) is 0 Å². The molecule has 6 atom stereocenters. The maximum absolute atomic E-state index is 2.57. The van der Waals surface area contributed by atoms with Crippen LogP contribution in [0.25, 0.3) is 33.4 Å². The van der Waals surface area contributed by atoms with E-state index in [9.17, 15) is 0 Å². The summed E-state index contributed by atoms with van der Waals surface area (Å²) in [7, 11) is 0. The van der Waals surface area contributed by atoms with Crippen LogP contribution in [0.2, 0.25) is 0 Å². The molecule has 4 saturated carbocycles. The molecule has 6 unspecified atom stereocenters. The van der Waals surface area contributed by atoms with Gasteiger partial charge < -0.3 is 4.90 Å². The largest absolute Gasteiger partial charge is 0.310 e. The molecule has 6 aromatic rings. The van der Waals surface area contributed by atoms with Gasteiger partial charge in [-0.25, -0.2) is 0 Å². The molecule has 1 nitrogen and oxygen atoms in total. The molecule has 6 aliphatic carbocycles. The van der Waals surface area contributed by atoms with Gasteiger partial charge in [-0.2, -0.15) is 0 Å². The fraction of sp³-hybridized carbons (Fsp3) is 0.333. The predicted molar refractivity (Wildman–Crippen MR) is 228 cm³/mol. The van der Waals surface area contributed by atoms with Gasteiger partial charge in [0, 0.05) is 22.4 Å². The van der Waals surface area contributed by atoms with Crippen LogP contribution >= 0.6 is 0 Å². The molecule has 6 aliphatic rings. The fourth-order valence-corrected chi connectivity index (χ4v) is 14.2. The number of hydrogen-bond acceptors (Lipinski definition) is 1. The van der Waals surface area contributed by atoms with Crippen molar-refractivity contribution in [2.24, 2.45) is 29.1 Å². The van der Waals surface area contributed by atoms with E-state index in [1.165, 1.54) is 100 Å². The van der Waals surface area contributed by atoms with E-state index < -0.39 is 0 Å². The highest BCUT2D eigenvalue weighted by molar-refractivity contribution is 5.96. The van der Waals surface area contributed by atoms with Crippen LogP contribution in [0.5, 0.6) is 0 Å². The Morgan fingerprint density at radius 2 is 1.09 bits per heavy atom. The number of fused-ring (bicyclic) bond motifs is 9. The fourth-order valence-electron chi connectivity index (χ4n) is 14.2. The van der Waals surface area contributed by atoms with Gasteiger partial charge in [-0.1, -0.05) is 137 Å². The minimum atomic E-state index is 0.139. The second-order valence-electron chi connectivity index (χ2n) is 19.6. The zero-order chi connectivity index (χ0) is 36.9. The molecule has 4 fully saturated rings. The quantitative estimate of drug-likeness (QED) is 0.172. The third kappa shape index (κ3) is 4.05. The van der Waals surface area contributed by atoms with Crippen molar-refractivity contribution < 1.29 is 0 Å². The lowest BCUT2D eigenvalue weighted by molar-refractivity contribution is -0.231. The molecule has 6 aromatic carbocycles. The molecule has 55 heavy (non-hydrogen) atoms. The van der Waals surface area contributed by atoms with E-state index >= 15 is 0 Å². The topological polar surface area (TPSA) is 3.24 Å². The van der Waals surface area contributed by atoms with Crippen molar-refractivity contribution in [3.8, 4) is 33.4 Å². The third-order valence-electron chi connectivity index (χ3n) is 16.4. The van der Waals surface area contributed by atoms with Crippen LogP contribution in [0.3, 0.4) is 0 Å². The summed E-state index contributed by atoms with van der Waals surface area (Å²) >= 11 is 0. The normalized spacial score (nSPS) is 29.1. The summed E-state index contributed by atoms with van der Waals surface area (Å²) in [5.74, 6) is 3.52. The van der Waals surface area contributed by atoms with E-state index in [0.29, 0.717) is 5.41 Å². The minimum absolute atomic E-state index is 0.139. The second kappa shape index (κ2) is 10.9. The maximum Gasteiger partial charge on any atom is 0.0543 e. The lowest BCUT2D eigenvalue weighted by Gasteiger charge is -2.76. The van der Waals surface area contributed by atoms with Gasteiger partial charge >= 0.3 is 0 Å². The van der Waals surface area contributed by atoms with E-state index in [0.717, 1.165) is 23.7 Å². The van der Waals surface area contributed by atoms with E-state index in [1.54, 1.807) is 11.1 Å². The Hall–Kier alpha value is -4.88. The van der Waals surface area contributed by atoms with Gasteiger partial charge in [-0.3, -0.25) is 0 Å². The Labute approximate surface area is 327 Å². The molecular weight excluding hydrogens is 663 g/mol. The monoisotopic (exact) mass is 713 g/mol. The molecule has 0 aliphatic heterocycles. The van der Waals surface area contributed by atoms with E-state index in [-0.39, 0.29) is 16.2 Å². The SMILES string of the molecule is CC1(C)CCC(C)(C)c2c(-c3ccc(N(c4ccc(-c5ccccc5)cc4)c4cccc5c4-c4ccccc4C54C5CC6CC7CC4C75C6)cc3)cccc21. The summed E-state index contributed by atoms with van der Waals surface area (Å²) in [4.78, 5) is 2.57. The van der Waals surface area contributed by atoms with Crippen LogP contribution in [-0.2, 0) is 16.2 Å². The average Bonchev–Trinajstić information content (AvgIpc) is 3.85. The van der Waals surface area contributed by atoms with E-state index in [4.69, 9.17) is 0 Å². The lowest BCUT2D eigenvalue weighted by atomic mass is 9.27. The molecule has 272 valence electrons. The number of rotatable bonds is 5. The molecule has 0 amide bonds. The summed E-state index contributed by atoms with van der Waals surface area (Å²) in [5.41, 5.74) is 19.3. The Kier molecular flexibility index (Phi) is 6.42. The van der Waals surface area contributed by atoms with Crippen molar-refractivity contribution in [1.29, 1.82) is 0 Å². The summed E-state index contributed by atoms with van der Waals surface area (Å²) in [6.07, 6.45) is 8.28. The molecule has 0 aromatic heterocycles. The average molecular weight is 714 g/mol. The standard InChI is InChI=1S/C54H51N/c1-51(2)28-29-52(3,4)50-41(15-10-18-45(50)51)37-22-26-40(27-23-37)55(39-24-20-36(21-25-39)35-12-6-5-7-13-35)46-19-11-17-44-49(46)42-14-8-9-16-43(42)54(44)47-31-34-30-38-32-48(54)53(38,47)33-34/h5-27,34,38,47-48H,28-33H2,1-4H3. The summed E-state index contributed by atoms with van der Waals surface area (Å²) in [5, 5.41) is 0. The Balaban J connectivity index is 1.03. The van der Waals surface area contributed by atoms with Crippen molar-refractivity contribution >= 4 is 17.1 Å². The Bertz CT molecular complexity index is 2520. The number of benzene rings is 6. The summed E-state index contributed by atoms with van der Waals surface area (Å²) < 4.78 is 0. The van der Waals surface area contributed by atoms with Gasteiger partial charge in [0.1, 0.15) is 0 Å². The zero-order valence-electron chi connectivity index (χ0n) is 32.8. The first kappa shape index (κ1) is 32.4. The van der Waals surface area contributed by atoms with Gasteiger partial charge in [0.2, 0.25) is 0 Å². The Morgan fingerprint density at radius 3 is 1.85 bits per heavy atom. The van der Waals surface area contributed by atoms with Crippen LogP contribution < -0.4 is 4.90 Å². The van der Waals surface area contributed by atoms with E-state index in [2.05, 4.69) is 172 Å². The smallest absolute Gasteiger partial charge is 0.0543 e. The lowest BCUT2D eigenvalue weighted by Crippen LogP contribution is -2.73. The van der Waals surface area contributed by atoms with Crippen molar-refractivity contribution in [2.75, 3.05) is 4.90 Å². The van der Waals surface area contributed by atoms with Crippen LogP contribution in [0, 0.1) is 29.1 Å². The first-order valence-corrected chi connectivity index (χ1v) is 21.2. The van der Waals surface area contributed by atoms with Crippen LogP contribution in [0.15, 0.2) is 140 Å². The Morgan fingerprint density at radius 1 is 0.491 bits per heavy atom. The maximum atomic E-state index is 2.57. The first-order valence-electron chi connectivity index (χ1n) is 21.2.